The topological polar surface area (TPSA) is 116 Å². The maximum absolute atomic E-state index is 12.6. The minimum Gasteiger partial charge on any atom is -0.377 e. The van der Waals surface area contributed by atoms with Gasteiger partial charge in [0.25, 0.3) is 5.56 Å². The molecule has 0 spiro atoms. The number of carbonyl (C=O) groups excluding carboxylic acids is 1. The molecule has 2 aliphatic rings. The highest BCUT2D eigenvalue weighted by molar-refractivity contribution is 5.87. The molecule has 5 N–H and O–H groups in total. The Labute approximate surface area is 181 Å². The molecule has 2 aromatic rings. The highest BCUT2D eigenvalue weighted by Gasteiger charge is 2.40. The summed E-state index contributed by atoms with van der Waals surface area (Å²) in [6.45, 7) is 1.81. The van der Waals surface area contributed by atoms with Crippen molar-refractivity contribution in [3.63, 3.8) is 0 Å². The summed E-state index contributed by atoms with van der Waals surface area (Å²) >= 11 is 0. The number of hydrogen-bond acceptors (Lipinski definition) is 6. The van der Waals surface area contributed by atoms with Gasteiger partial charge in [0.15, 0.2) is 0 Å². The normalized spacial score (nSPS) is 19.5. The number of H-pyrrole nitrogens is 1. The molecule has 164 valence electrons. The number of pyridine rings is 2. The summed E-state index contributed by atoms with van der Waals surface area (Å²) in [6.07, 6.45) is 9.97. The molecular weight excluding hydrogens is 392 g/mol. The average Bonchev–Trinajstić information content (AvgIpc) is 3.52. The molecule has 0 bridgehead atoms. The zero-order valence-corrected chi connectivity index (χ0v) is 17.8. The number of rotatable bonds is 8. The van der Waals surface area contributed by atoms with Gasteiger partial charge >= 0.3 is 0 Å². The van der Waals surface area contributed by atoms with E-state index in [1.807, 2.05) is 30.1 Å². The predicted molar refractivity (Wildman–Crippen MR) is 123 cm³/mol. The van der Waals surface area contributed by atoms with Crippen molar-refractivity contribution in [2.24, 2.45) is 17.6 Å². The van der Waals surface area contributed by atoms with Crippen LogP contribution >= 0.6 is 0 Å². The SMILES string of the molecule is CNc1cc(-c2c[nH]c(=O)c(N[C@@H](C3CC3)C3CCN(C(=O)/C=C/CN)C3)c2)ccn1. The third-order valence-corrected chi connectivity index (χ3v) is 6.15. The molecule has 1 aliphatic carbocycles. The Hall–Kier alpha value is -3.13. The molecular formula is C23H30N6O2. The summed E-state index contributed by atoms with van der Waals surface area (Å²) in [4.78, 5) is 33.9. The number of nitrogens with two attached hydrogens (primary N) is 1. The van der Waals surface area contributed by atoms with E-state index in [0.717, 1.165) is 42.8 Å². The Bertz CT molecular complexity index is 1010. The first-order chi connectivity index (χ1) is 15.1. The molecule has 0 radical (unpaired) electrons. The lowest BCUT2D eigenvalue weighted by molar-refractivity contribution is -0.125. The van der Waals surface area contributed by atoms with Crippen LogP contribution in [0.15, 0.2) is 47.5 Å². The lowest BCUT2D eigenvalue weighted by Gasteiger charge is -2.26. The van der Waals surface area contributed by atoms with Crippen molar-refractivity contribution in [2.75, 3.05) is 37.3 Å². The fourth-order valence-corrected chi connectivity index (χ4v) is 4.31. The molecule has 1 aliphatic heterocycles. The van der Waals surface area contributed by atoms with Crippen LogP contribution < -0.4 is 21.9 Å². The fourth-order valence-electron chi connectivity index (χ4n) is 4.31. The van der Waals surface area contributed by atoms with Crippen molar-refractivity contribution in [3.05, 3.63) is 53.1 Å². The Kier molecular flexibility index (Phi) is 6.36. The quantitative estimate of drug-likeness (QED) is 0.484. The van der Waals surface area contributed by atoms with E-state index in [4.69, 9.17) is 5.73 Å². The van der Waals surface area contributed by atoms with E-state index in [1.54, 1.807) is 24.5 Å². The lowest BCUT2D eigenvalue weighted by Crippen LogP contribution is -2.36. The monoisotopic (exact) mass is 422 g/mol. The first kappa shape index (κ1) is 21.1. The Morgan fingerprint density at radius 1 is 1.32 bits per heavy atom. The molecule has 1 saturated carbocycles. The van der Waals surface area contributed by atoms with Gasteiger partial charge < -0.3 is 26.3 Å². The second-order valence-corrected chi connectivity index (χ2v) is 8.29. The van der Waals surface area contributed by atoms with Gasteiger partial charge in [0.2, 0.25) is 5.91 Å². The van der Waals surface area contributed by atoms with E-state index in [1.165, 1.54) is 0 Å². The van der Waals surface area contributed by atoms with Crippen LogP contribution in [0.4, 0.5) is 11.5 Å². The summed E-state index contributed by atoms with van der Waals surface area (Å²) in [5.74, 6) is 1.65. The number of nitrogens with zero attached hydrogens (tertiary/aromatic N) is 2. The van der Waals surface area contributed by atoms with E-state index in [0.29, 0.717) is 30.6 Å². The molecule has 0 aromatic carbocycles. The fraction of sp³-hybridized carbons (Fsp3) is 0.435. The summed E-state index contributed by atoms with van der Waals surface area (Å²) in [5.41, 5.74) is 7.81. The number of aromatic nitrogens is 2. The van der Waals surface area contributed by atoms with Crippen LogP contribution in [-0.4, -0.2) is 53.5 Å². The van der Waals surface area contributed by atoms with Crippen LogP contribution in [0.3, 0.4) is 0 Å². The molecule has 4 rings (SSSR count). The summed E-state index contributed by atoms with van der Waals surface area (Å²) in [6, 6.07) is 5.96. The molecule has 1 saturated heterocycles. The van der Waals surface area contributed by atoms with Gasteiger partial charge in [-0.05, 0) is 54.9 Å². The standard InChI is InChI=1S/C23H30N6O2/c1-25-20-12-16(6-9-26-20)18-11-19(23(31)27-13-18)28-22(15-4-5-15)17-7-10-29(14-17)21(30)3-2-8-24/h2-3,6,9,11-13,15,17,22,28H,4-5,7-8,10,14,24H2,1H3,(H,25,26)(H,27,31)/b3-2+/t17?,22-/m0/s1. The van der Waals surface area contributed by atoms with Gasteiger partial charge in [-0.25, -0.2) is 4.98 Å². The Morgan fingerprint density at radius 2 is 2.16 bits per heavy atom. The Balaban J connectivity index is 1.52. The molecule has 31 heavy (non-hydrogen) atoms. The Morgan fingerprint density at radius 3 is 2.90 bits per heavy atom. The van der Waals surface area contributed by atoms with Crippen LogP contribution in [0.2, 0.25) is 0 Å². The predicted octanol–water partition coefficient (Wildman–Crippen LogP) is 2.03. The first-order valence-corrected chi connectivity index (χ1v) is 10.9. The zero-order valence-electron chi connectivity index (χ0n) is 17.8. The number of amides is 1. The summed E-state index contributed by atoms with van der Waals surface area (Å²) in [5, 5.41) is 6.58. The third kappa shape index (κ3) is 4.96. The van der Waals surface area contributed by atoms with Crippen molar-refractivity contribution in [2.45, 2.75) is 25.3 Å². The van der Waals surface area contributed by atoms with E-state index in [2.05, 4.69) is 20.6 Å². The van der Waals surface area contributed by atoms with Gasteiger partial charge in [-0.15, -0.1) is 0 Å². The van der Waals surface area contributed by atoms with Gasteiger partial charge in [-0.1, -0.05) is 6.08 Å². The smallest absolute Gasteiger partial charge is 0.271 e. The van der Waals surface area contributed by atoms with Crippen molar-refractivity contribution >= 4 is 17.4 Å². The van der Waals surface area contributed by atoms with Crippen LogP contribution in [-0.2, 0) is 4.79 Å². The first-order valence-electron chi connectivity index (χ1n) is 10.9. The zero-order chi connectivity index (χ0) is 21.8. The molecule has 8 heteroatoms. The van der Waals surface area contributed by atoms with Gasteiger partial charge in [-0.2, -0.15) is 0 Å². The van der Waals surface area contributed by atoms with Crippen molar-refractivity contribution in [3.8, 4) is 11.1 Å². The lowest BCUT2D eigenvalue weighted by atomic mass is 9.94. The number of likely N-dealkylation sites (tertiary alicyclic amines) is 1. The molecule has 1 amide bonds. The maximum atomic E-state index is 12.6. The van der Waals surface area contributed by atoms with Crippen LogP contribution in [0.5, 0.6) is 0 Å². The van der Waals surface area contributed by atoms with Crippen LogP contribution in [0, 0.1) is 11.8 Å². The minimum absolute atomic E-state index is 0.0142. The molecule has 2 fully saturated rings. The van der Waals surface area contributed by atoms with Crippen molar-refractivity contribution < 1.29 is 4.79 Å². The number of hydrogen-bond donors (Lipinski definition) is 4. The summed E-state index contributed by atoms with van der Waals surface area (Å²) in [7, 11) is 1.83. The van der Waals surface area contributed by atoms with Crippen molar-refractivity contribution in [1.29, 1.82) is 0 Å². The molecule has 1 unspecified atom stereocenters. The molecule has 3 heterocycles. The number of nitrogens with one attached hydrogen (secondary N) is 3. The highest BCUT2D eigenvalue weighted by atomic mass is 16.2. The van der Waals surface area contributed by atoms with Gasteiger partial charge in [0, 0.05) is 56.8 Å². The van der Waals surface area contributed by atoms with E-state index in [9.17, 15) is 9.59 Å². The minimum atomic E-state index is -0.130. The number of carbonyl (C=O) groups is 1. The van der Waals surface area contributed by atoms with E-state index >= 15 is 0 Å². The number of anilines is 2. The number of aromatic amines is 1. The van der Waals surface area contributed by atoms with Gasteiger partial charge in [0.05, 0.1) is 0 Å². The second kappa shape index (κ2) is 9.34. The molecule has 2 aromatic heterocycles. The third-order valence-electron chi connectivity index (χ3n) is 6.15. The maximum Gasteiger partial charge on any atom is 0.271 e. The van der Waals surface area contributed by atoms with E-state index in [-0.39, 0.29) is 17.5 Å². The summed E-state index contributed by atoms with van der Waals surface area (Å²) < 4.78 is 0. The molecule has 8 nitrogen and oxygen atoms in total. The van der Waals surface area contributed by atoms with Crippen LogP contribution in [0.25, 0.3) is 11.1 Å². The van der Waals surface area contributed by atoms with Crippen molar-refractivity contribution in [1.82, 2.24) is 14.9 Å². The van der Waals surface area contributed by atoms with E-state index < -0.39 is 0 Å². The van der Waals surface area contributed by atoms with Gasteiger partial charge in [-0.3, -0.25) is 9.59 Å². The second-order valence-electron chi connectivity index (χ2n) is 8.29. The molecule has 2 atom stereocenters. The van der Waals surface area contributed by atoms with Crippen LogP contribution in [0.1, 0.15) is 19.3 Å². The van der Waals surface area contributed by atoms with Gasteiger partial charge in [0.1, 0.15) is 11.5 Å². The average molecular weight is 423 g/mol. The highest BCUT2D eigenvalue weighted by Crippen LogP contribution is 2.40. The largest absolute Gasteiger partial charge is 0.377 e.